The van der Waals surface area contributed by atoms with Gasteiger partial charge in [0, 0.05) is 24.5 Å². The van der Waals surface area contributed by atoms with Gasteiger partial charge in [0.05, 0.1) is 30.4 Å². The van der Waals surface area contributed by atoms with Crippen LogP contribution in [0.25, 0.3) is 16.6 Å². The summed E-state index contributed by atoms with van der Waals surface area (Å²) in [6.07, 6.45) is 2.01. The summed E-state index contributed by atoms with van der Waals surface area (Å²) < 4.78 is 7.25. The molecule has 0 unspecified atom stereocenters. The van der Waals surface area contributed by atoms with Crippen molar-refractivity contribution in [3.05, 3.63) is 95.8 Å². The Morgan fingerprint density at radius 3 is 2.34 bits per heavy atom. The van der Waals surface area contributed by atoms with Crippen LogP contribution in [-0.2, 0) is 11.3 Å². The van der Waals surface area contributed by atoms with Gasteiger partial charge in [0.25, 0.3) is 0 Å². The molecule has 0 N–H and O–H groups in total. The van der Waals surface area contributed by atoms with E-state index in [1.165, 1.54) is 12.7 Å². The van der Waals surface area contributed by atoms with E-state index in [-0.39, 0.29) is 5.97 Å². The molecule has 2 heterocycles. The van der Waals surface area contributed by atoms with Gasteiger partial charge in [-0.1, -0.05) is 54.1 Å². The van der Waals surface area contributed by atoms with Crippen LogP contribution in [0.4, 0.5) is 5.69 Å². The number of rotatable bonds is 5. The minimum Gasteiger partial charge on any atom is -0.465 e. The van der Waals surface area contributed by atoms with Crippen molar-refractivity contribution in [2.45, 2.75) is 13.5 Å². The minimum absolute atomic E-state index is 0.322. The fourth-order valence-corrected chi connectivity index (χ4v) is 3.77. The van der Waals surface area contributed by atoms with E-state index in [2.05, 4.69) is 47.5 Å². The molecule has 0 aliphatic rings. The summed E-state index contributed by atoms with van der Waals surface area (Å²) >= 11 is 0. The number of hydrogen-bond donors (Lipinski definition) is 0. The van der Waals surface area contributed by atoms with Crippen molar-refractivity contribution in [2.24, 2.45) is 0 Å². The fraction of sp³-hybridized carbons (Fsp3) is 0.160. The molecule has 2 aromatic heterocycles. The summed E-state index contributed by atoms with van der Waals surface area (Å²) in [4.78, 5) is 15.0. The Kier molecular flexibility index (Phi) is 5.09. The van der Waals surface area contributed by atoms with E-state index in [4.69, 9.17) is 4.74 Å². The van der Waals surface area contributed by atoms with Gasteiger partial charge in [0.15, 0.2) is 0 Å². The number of pyridine rings is 1. The van der Waals surface area contributed by atoms with Crippen LogP contribution in [0.1, 0.15) is 21.6 Å². The van der Waals surface area contributed by atoms with Crippen LogP contribution >= 0.6 is 0 Å². The van der Waals surface area contributed by atoms with Gasteiger partial charge in [0.2, 0.25) is 0 Å². The molecule has 146 valence electrons. The van der Waals surface area contributed by atoms with Gasteiger partial charge in [-0.05, 0) is 36.8 Å². The van der Waals surface area contributed by atoms with Crippen LogP contribution in [-0.4, -0.2) is 24.5 Å². The number of ether oxygens (including phenoxy) is 1. The van der Waals surface area contributed by atoms with E-state index < -0.39 is 0 Å². The normalized spacial score (nSPS) is 10.9. The lowest BCUT2D eigenvalue weighted by Gasteiger charge is -2.21. The summed E-state index contributed by atoms with van der Waals surface area (Å²) in [7, 11) is 3.50. The lowest BCUT2D eigenvalue weighted by molar-refractivity contribution is 0.0604. The standard InChI is InChI=1S/C25H24N2O2/c1-18-12-14-20(15-13-18)26(2)17-22-23(19-9-5-4-6-10-19)24(25(28)29-3)21-11-7-8-16-27(21)22/h4-16H,17H2,1-3H3. The highest BCUT2D eigenvalue weighted by molar-refractivity contribution is 6.05. The van der Waals surface area contributed by atoms with Crippen molar-refractivity contribution in [3.8, 4) is 11.1 Å². The zero-order chi connectivity index (χ0) is 20.4. The van der Waals surface area contributed by atoms with Crippen LogP contribution in [0, 0.1) is 6.92 Å². The SMILES string of the molecule is COC(=O)c1c(-c2ccccc2)c(CN(C)c2ccc(C)cc2)n2ccccc12. The first-order valence-electron chi connectivity index (χ1n) is 9.63. The molecule has 0 spiro atoms. The first-order chi connectivity index (χ1) is 14.1. The maximum atomic E-state index is 12.8. The highest BCUT2D eigenvalue weighted by atomic mass is 16.5. The fourth-order valence-electron chi connectivity index (χ4n) is 3.77. The van der Waals surface area contributed by atoms with Crippen LogP contribution in [0.2, 0.25) is 0 Å². The van der Waals surface area contributed by atoms with Crippen molar-refractivity contribution >= 4 is 17.2 Å². The quantitative estimate of drug-likeness (QED) is 0.436. The number of nitrogens with zero attached hydrogens (tertiary/aromatic N) is 2. The number of carbonyl (C=O) groups is 1. The molecule has 4 aromatic rings. The Bertz CT molecular complexity index is 1140. The van der Waals surface area contributed by atoms with Crippen molar-refractivity contribution < 1.29 is 9.53 Å². The number of esters is 1. The summed E-state index contributed by atoms with van der Waals surface area (Å²) in [5.74, 6) is -0.322. The molecule has 0 bridgehead atoms. The number of anilines is 1. The number of methoxy groups -OCH3 is 1. The average Bonchev–Trinajstić information content (AvgIpc) is 3.08. The van der Waals surface area contributed by atoms with Crippen LogP contribution in [0.3, 0.4) is 0 Å². The number of hydrogen-bond acceptors (Lipinski definition) is 3. The molecule has 0 saturated heterocycles. The first kappa shape index (κ1) is 18.8. The smallest absolute Gasteiger partial charge is 0.340 e. The number of benzene rings is 2. The minimum atomic E-state index is -0.322. The van der Waals surface area contributed by atoms with Crippen LogP contribution < -0.4 is 4.90 Å². The molecular formula is C25H24N2O2. The van der Waals surface area contributed by atoms with E-state index in [1.54, 1.807) is 0 Å². The average molecular weight is 384 g/mol. The van der Waals surface area contributed by atoms with E-state index in [9.17, 15) is 4.79 Å². The Labute approximate surface area is 171 Å². The second-order valence-electron chi connectivity index (χ2n) is 7.20. The summed E-state index contributed by atoms with van der Waals surface area (Å²) in [5.41, 5.74) is 6.78. The maximum Gasteiger partial charge on any atom is 0.340 e. The second kappa shape index (κ2) is 7.84. The van der Waals surface area contributed by atoms with Crippen molar-refractivity contribution in [1.82, 2.24) is 4.40 Å². The van der Waals surface area contributed by atoms with Crippen molar-refractivity contribution in [3.63, 3.8) is 0 Å². The zero-order valence-electron chi connectivity index (χ0n) is 16.9. The third-order valence-corrected chi connectivity index (χ3v) is 5.26. The highest BCUT2D eigenvalue weighted by Gasteiger charge is 2.25. The third kappa shape index (κ3) is 3.49. The van der Waals surface area contributed by atoms with E-state index in [0.29, 0.717) is 12.1 Å². The van der Waals surface area contributed by atoms with Gasteiger partial charge in [-0.25, -0.2) is 4.79 Å². The summed E-state index contributed by atoms with van der Waals surface area (Å²) in [6.45, 7) is 2.73. The molecule has 0 aliphatic carbocycles. The second-order valence-corrected chi connectivity index (χ2v) is 7.20. The monoisotopic (exact) mass is 384 g/mol. The molecule has 0 atom stereocenters. The van der Waals surface area contributed by atoms with Crippen LogP contribution in [0.5, 0.6) is 0 Å². The number of aromatic nitrogens is 1. The summed E-state index contributed by atoms with van der Waals surface area (Å²) in [6, 6.07) is 24.4. The molecule has 0 amide bonds. The Morgan fingerprint density at radius 1 is 0.966 bits per heavy atom. The summed E-state index contributed by atoms with van der Waals surface area (Å²) in [5, 5.41) is 0. The molecule has 4 nitrogen and oxygen atoms in total. The Balaban J connectivity index is 1.92. The van der Waals surface area contributed by atoms with Crippen molar-refractivity contribution in [1.29, 1.82) is 0 Å². The van der Waals surface area contributed by atoms with Gasteiger partial charge in [0.1, 0.15) is 0 Å². The molecule has 0 saturated carbocycles. The van der Waals surface area contributed by atoms with E-state index in [0.717, 1.165) is 28.0 Å². The van der Waals surface area contributed by atoms with E-state index in [1.807, 2.05) is 54.7 Å². The van der Waals surface area contributed by atoms with Crippen molar-refractivity contribution in [2.75, 3.05) is 19.1 Å². The number of fused-ring (bicyclic) bond motifs is 1. The maximum absolute atomic E-state index is 12.8. The third-order valence-electron chi connectivity index (χ3n) is 5.26. The zero-order valence-corrected chi connectivity index (χ0v) is 16.9. The lowest BCUT2D eigenvalue weighted by Crippen LogP contribution is -2.18. The van der Waals surface area contributed by atoms with E-state index >= 15 is 0 Å². The molecule has 4 rings (SSSR count). The molecule has 0 radical (unpaired) electrons. The molecule has 2 aromatic carbocycles. The molecule has 0 aliphatic heterocycles. The predicted octanol–water partition coefficient (Wildman–Crippen LogP) is 5.34. The van der Waals surface area contributed by atoms with Gasteiger partial charge in [-0.15, -0.1) is 0 Å². The van der Waals surface area contributed by atoms with Gasteiger partial charge >= 0.3 is 5.97 Å². The van der Waals surface area contributed by atoms with Gasteiger partial charge in [-0.2, -0.15) is 0 Å². The predicted molar refractivity (Wildman–Crippen MR) is 117 cm³/mol. The van der Waals surface area contributed by atoms with Gasteiger partial charge < -0.3 is 14.0 Å². The highest BCUT2D eigenvalue weighted by Crippen LogP contribution is 2.35. The number of aryl methyl sites for hydroxylation is 1. The largest absolute Gasteiger partial charge is 0.465 e. The number of carbonyl (C=O) groups excluding carboxylic acids is 1. The topological polar surface area (TPSA) is 34.0 Å². The Hall–Kier alpha value is -3.53. The Morgan fingerprint density at radius 2 is 1.66 bits per heavy atom. The van der Waals surface area contributed by atoms with Crippen LogP contribution in [0.15, 0.2) is 79.0 Å². The first-order valence-corrected chi connectivity index (χ1v) is 9.63. The molecular weight excluding hydrogens is 360 g/mol. The lowest BCUT2D eigenvalue weighted by atomic mass is 10.00. The molecule has 0 fully saturated rings. The molecule has 4 heteroatoms. The molecule has 29 heavy (non-hydrogen) atoms. The van der Waals surface area contributed by atoms with Gasteiger partial charge in [-0.3, -0.25) is 0 Å².